The Bertz CT molecular complexity index is 829. The molecule has 1 saturated heterocycles. The molecule has 0 aromatic heterocycles. The van der Waals surface area contributed by atoms with Crippen molar-refractivity contribution in [2.24, 2.45) is 5.92 Å². The third kappa shape index (κ3) is 7.53. The van der Waals surface area contributed by atoms with Crippen molar-refractivity contribution in [2.75, 3.05) is 26.2 Å². The summed E-state index contributed by atoms with van der Waals surface area (Å²) in [6.45, 7) is 15.2. The van der Waals surface area contributed by atoms with E-state index >= 15 is 0 Å². The molecule has 7 nitrogen and oxygen atoms in total. The number of nitrogens with zero attached hydrogens (tertiary/aromatic N) is 2. The van der Waals surface area contributed by atoms with Crippen LogP contribution in [0.1, 0.15) is 68.9 Å². The molecule has 1 fully saturated rings. The van der Waals surface area contributed by atoms with E-state index in [0.29, 0.717) is 25.2 Å². The first-order valence-electron chi connectivity index (χ1n) is 11.5. The summed E-state index contributed by atoms with van der Waals surface area (Å²) in [7, 11) is 0. The first-order chi connectivity index (χ1) is 14.9. The van der Waals surface area contributed by atoms with Crippen LogP contribution in [0, 0.1) is 19.8 Å². The van der Waals surface area contributed by atoms with Gasteiger partial charge in [-0.05, 0) is 90.5 Å². The van der Waals surface area contributed by atoms with Crippen LogP contribution < -0.4 is 5.32 Å². The smallest absolute Gasteiger partial charge is 0.410 e. The molecule has 2 rings (SSSR count). The van der Waals surface area contributed by atoms with Gasteiger partial charge in [0.1, 0.15) is 5.60 Å². The summed E-state index contributed by atoms with van der Waals surface area (Å²) in [5.41, 5.74) is 2.18. The summed E-state index contributed by atoms with van der Waals surface area (Å²) in [5.74, 6) is -0.163. The van der Waals surface area contributed by atoms with Crippen molar-refractivity contribution in [1.29, 1.82) is 0 Å². The van der Waals surface area contributed by atoms with Crippen molar-refractivity contribution >= 4 is 17.9 Å². The van der Waals surface area contributed by atoms with Gasteiger partial charge in [-0.15, -0.1) is 0 Å². The number of rotatable bonds is 6. The van der Waals surface area contributed by atoms with Gasteiger partial charge in [0.25, 0.3) is 5.91 Å². The zero-order chi connectivity index (χ0) is 24.1. The van der Waals surface area contributed by atoms with Crippen molar-refractivity contribution < 1.29 is 19.1 Å². The summed E-state index contributed by atoms with van der Waals surface area (Å²) in [5, 5.41) is 2.75. The van der Waals surface area contributed by atoms with E-state index in [1.165, 1.54) is 0 Å². The summed E-state index contributed by atoms with van der Waals surface area (Å²) < 4.78 is 5.56. The highest BCUT2D eigenvalue weighted by molar-refractivity contribution is 5.96. The number of likely N-dealkylation sites (tertiary alicyclic amines) is 1. The highest BCUT2D eigenvalue weighted by Gasteiger charge is 2.30. The van der Waals surface area contributed by atoms with Gasteiger partial charge >= 0.3 is 6.09 Å². The molecule has 1 unspecified atom stereocenters. The largest absolute Gasteiger partial charge is 0.444 e. The third-order valence-electron chi connectivity index (χ3n) is 5.75. The van der Waals surface area contributed by atoms with Crippen LogP contribution >= 0.6 is 0 Å². The van der Waals surface area contributed by atoms with Crippen molar-refractivity contribution in [3.05, 3.63) is 34.9 Å². The van der Waals surface area contributed by atoms with Crippen molar-refractivity contribution in [2.45, 2.75) is 73.0 Å². The number of aryl methyl sites for hydroxylation is 2. The fraction of sp³-hybridized carbons (Fsp3) is 0.640. The topological polar surface area (TPSA) is 79.0 Å². The number of amides is 3. The van der Waals surface area contributed by atoms with Crippen LogP contribution in [0.5, 0.6) is 0 Å². The lowest BCUT2D eigenvalue weighted by molar-refractivity contribution is -0.132. The van der Waals surface area contributed by atoms with Crippen LogP contribution in [-0.4, -0.2) is 65.5 Å². The van der Waals surface area contributed by atoms with E-state index in [9.17, 15) is 14.4 Å². The third-order valence-corrected chi connectivity index (χ3v) is 5.75. The molecule has 0 aliphatic carbocycles. The molecular formula is C25H39N3O4. The van der Waals surface area contributed by atoms with Gasteiger partial charge in [0.15, 0.2) is 0 Å². The minimum absolute atomic E-state index is 0.00758. The lowest BCUT2D eigenvalue weighted by Crippen LogP contribution is -2.49. The highest BCUT2D eigenvalue weighted by atomic mass is 16.6. The second kappa shape index (κ2) is 10.8. The van der Waals surface area contributed by atoms with Gasteiger partial charge in [0.2, 0.25) is 5.91 Å². The first-order valence-corrected chi connectivity index (χ1v) is 11.5. The number of benzene rings is 1. The average Bonchev–Trinajstić information content (AvgIpc) is 2.70. The molecule has 1 N–H and O–H groups in total. The van der Waals surface area contributed by atoms with Crippen LogP contribution in [0.15, 0.2) is 18.2 Å². The molecule has 1 aliphatic heterocycles. The van der Waals surface area contributed by atoms with Gasteiger partial charge in [-0.2, -0.15) is 0 Å². The van der Waals surface area contributed by atoms with E-state index in [4.69, 9.17) is 4.74 Å². The van der Waals surface area contributed by atoms with Gasteiger partial charge in [-0.1, -0.05) is 6.07 Å². The number of carbonyl (C=O) groups excluding carboxylic acids is 3. The zero-order valence-corrected chi connectivity index (χ0v) is 20.7. The Hall–Kier alpha value is -2.57. The lowest BCUT2D eigenvalue weighted by Gasteiger charge is -2.37. The van der Waals surface area contributed by atoms with E-state index in [0.717, 1.165) is 24.0 Å². The Balaban J connectivity index is 1.91. The molecule has 0 spiro atoms. The Morgan fingerprint density at radius 1 is 1.19 bits per heavy atom. The maximum absolute atomic E-state index is 12.7. The second-order valence-electron chi connectivity index (χ2n) is 10.1. The zero-order valence-electron chi connectivity index (χ0n) is 20.7. The standard InChI is InChI=1S/C25H39N3O4/c1-17(2)28(24(31)32-25(5,6)7)16-20-9-8-12-27(15-20)22(29)14-26-23(30)21-11-10-18(3)19(4)13-21/h10-11,13,17,20H,8-9,12,14-16H2,1-7H3,(H,26,30). The van der Waals surface area contributed by atoms with Crippen LogP contribution in [0.2, 0.25) is 0 Å². The maximum Gasteiger partial charge on any atom is 0.410 e. The molecule has 3 amide bonds. The molecule has 1 atom stereocenters. The molecular weight excluding hydrogens is 406 g/mol. The van der Waals surface area contributed by atoms with Crippen LogP contribution in [0.4, 0.5) is 4.79 Å². The lowest BCUT2D eigenvalue weighted by atomic mass is 9.97. The summed E-state index contributed by atoms with van der Waals surface area (Å²) >= 11 is 0. The molecule has 1 aliphatic rings. The monoisotopic (exact) mass is 445 g/mol. The van der Waals surface area contributed by atoms with Crippen molar-refractivity contribution in [3.8, 4) is 0 Å². The van der Waals surface area contributed by atoms with Gasteiger partial charge in [0, 0.05) is 31.2 Å². The Morgan fingerprint density at radius 3 is 2.47 bits per heavy atom. The number of hydrogen-bond acceptors (Lipinski definition) is 4. The average molecular weight is 446 g/mol. The van der Waals surface area contributed by atoms with Crippen LogP contribution in [0.3, 0.4) is 0 Å². The number of nitrogens with one attached hydrogen (secondary N) is 1. The molecule has 0 bridgehead atoms. The number of carbonyl (C=O) groups is 3. The molecule has 1 heterocycles. The molecule has 0 saturated carbocycles. The first kappa shape index (κ1) is 25.7. The molecule has 32 heavy (non-hydrogen) atoms. The Labute approximate surface area is 192 Å². The van der Waals surface area contributed by atoms with Gasteiger partial charge < -0.3 is 19.9 Å². The Morgan fingerprint density at radius 2 is 1.88 bits per heavy atom. The van der Waals surface area contributed by atoms with Crippen molar-refractivity contribution in [3.63, 3.8) is 0 Å². The summed E-state index contributed by atoms with van der Waals surface area (Å²) in [4.78, 5) is 41.3. The van der Waals surface area contributed by atoms with Gasteiger partial charge in [-0.25, -0.2) is 4.79 Å². The number of ether oxygens (including phenoxy) is 1. The molecule has 1 aromatic rings. The molecule has 7 heteroatoms. The van der Waals surface area contributed by atoms with E-state index in [-0.39, 0.29) is 36.4 Å². The highest BCUT2D eigenvalue weighted by Crippen LogP contribution is 2.21. The predicted octanol–water partition coefficient (Wildman–Crippen LogP) is 3.92. The molecule has 1 aromatic carbocycles. The SMILES string of the molecule is Cc1ccc(C(=O)NCC(=O)N2CCCC(CN(C(=O)OC(C)(C)C)C(C)C)C2)cc1C. The van der Waals surface area contributed by atoms with E-state index in [1.54, 1.807) is 15.9 Å². The predicted molar refractivity (Wildman–Crippen MR) is 126 cm³/mol. The second-order valence-corrected chi connectivity index (χ2v) is 10.1. The van der Waals surface area contributed by atoms with E-state index < -0.39 is 5.60 Å². The van der Waals surface area contributed by atoms with E-state index in [2.05, 4.69) is 5.32 Å². The fourth-order valence-corrected chi connectivity index (χ4v) is 3.79. The minimum atomic E-state index is -0.549. The quantitative estimate of drug-likeness (QED) is 0.720. The van der Waals surface area contributed by atoms with Crippen LogP contribution in [-0.2, 0) is 9.53 Å². The maximum atomic E-state index is 12.7. The molecule has 178 valence electrons. The Kier molecular flexibility index (Phi) is 8.70. The summed E-state index contributed by atoms with van der Waals surface area (Å²) in [6, 6.07) is 5.53. The normalized spacial score (nSPS) is 16.6. The number of piperidine rings is 1. The molecule has 0 radical (unpaired) electrons. The minimum Gasteiger partial charge on any atom is -0.444 e. The van der Waals surface area contributed by atoms with E-state index in [1.807, 2.05) is 60.6 Å². The number of hydrogen-bond donors (Lipinski definition) is 1. The fourth-order valence-electron chi connectivity index (χ4n) is 3.79. The van der Waals surface area contributed by atoms with Crippen molar-refractivity contribution in [1.82, 2.24) is 15.1 Å². The van der Waals surface area contributed by atoms with Gasteiger partial charge in [-0.3, -0.25) is 9.59 Å². The van der Waals surface area contributed by atoms with Crippen LogP contribution in [0.25, 0.3) is 0 Å². The van der Waals surface area contributed by atoms with Gasteiger partial charge in [0.05, 0.1) is 6.54 Å². The summed E-state index contributed by atoms with van der Waals surface area (Å²) in [6.07, 6.45) is 1.50.